The van der Waals surface area contributed by atoms with Crippen LogP contribution in [0.2, 0.25) is 0 Å². The molecule has 0 aromatic heterocycles. The molecule has 0 aromatic carbocycles. The molecule has 0 radical (unpaired) electrons. The Morgan fingerprint density at radius 2 is 1.86 bits per heavy atom. The predicted molar refractivity (Wildman–Crippen MR) is 51.3 cm³/mol. The Labute approximate surface area is 85.6 Å². The number of thioether (sulfide) groups is 1. The largest absolute Gasteiger partial charge is 0.408 e. The van der Waals surface area contributed by atoms with Crippen LogP contribution in [0.1, 0.15) is 20.8 Å². The van der Waals surface area contributed by atoms with Crippen molar-refractivity contribution >= 4 is 17.7 Å². The van der Waals surface area contributed by atoms with E-state index >= 15 is 0 Å². The highest BCUT2D eigenvalue weighted by Crippen LogP contribution is 2.19. The number of carbonyl (C=O) groups excluding carboxylic acids is 1. The Morgan fingerprint density at radius 3 is 2.21 bits per heavy atom. The summed E-state index contributed by atoms with van der Waals surface area (Å²) >= 11 is 1.31. The zero-order valence-corrected chi connectivity index (χ0v) is 9.13. The number of alkyl halides is 3. The Balaban J connectivity index is 3.84. The van der Waals surface area contributed by atoms with Crippen molar-refractivity contribution in [1.29, 1.82) is 0 Å². The highest BCUT2D eigenvalue weighted by Gasteiger charge is 2.36. The van der Waals surface area contributed by atoms with Gasteiger partial charge in [-0.1, -0.05) is 13.8 Å². The molecule has 0 saturated heterocycles. The minimum atomic E-state index is -4.36. The first-order valence-electron chi connectivity index (χ1n) is 4.21. The molecule has 1 N–H and O–H groups in total. The zero-order chi connectivity index (χ0) is 11.4. The first kappa shape index (κ1) is 13.6. The summed E-state index contributed by atoms with van der Waals surface area (Å²) in [7, 11) is 0. The van der Waals surface area contributed by atoms with Crippen molar-refractivity contribution in [1.82, 2.24) is 5.32 Å². The van der Waals surface area contributed by atoms with Crippen LogP contribution in [0.3, 0.4) is 0 Å². The third-order valence-electron chi connectivity index (χ3n) is 1.42. The molecule has 0 aliphatic rings. The first-order valence-corrected chi connectivity index (χ1v) is 5.26. The molecule has 0 saturated carbocycles. The number of amides is 1. The van der Waals surface area contributed by atoms with Gasteiger partial charge in [0, 0.05) is 0 Å². The minimum absolute atomic E-state index is 0.0675. The van der Waals surface area contributed by atoms with Crippen molar-refractivity contribution in [3.05, 3.63) is 0 Å². The zero-order valence-electron chi connectivity index (χ0n) is 8.31. The molecule has 0 spiro atoms. The van der Waals surface area contributed by atoms with Gasteiger partial charge in [0.2, 0.25) is 5.91 Å². The molecule has 1 unspecified atom stereocenters. The van der Waals surface area contributed by atoms with Crippen molar-refractivity contribution in [3.8, 4) is 0 Å². The Hall–Kier alpha value is -0.390. The maximum atomic E-state index is 12.0. The summed E-state index contributed by atoms with van der Waals surface area (Å²) < 4.78 is 36.0. The third-order valence-corrected chi connectivity index (χ3v) is 2.51. The van der Waals surface area contributed by atoms with Gasteiger partial charge in [-0.3, -0.25) is 4.79 Å². The smallest absolute Gasteiger partial charge is 0.344 e. The van der Waals surface area contributed by atoms with Crippen molar-refractivity contribution in [2.75, 3.05) is 5.75 Å². The Kier molecular flexibility index (Phi) is 5.33. The van der Waals surface area contributed by atoms with E-state index in [1.54, 1.807) is 0 Å². The summed E-state index contributed by atoms with van der Waals surface area (Å²) in [6.07, 6.45) is -4.36. The predicted octanol–water partition coefficient (Wildman–Crippen LogP) is 2.20. The van der Waals surface area contributed by atoms with Crippen LogP contribution >= 0.6 is 11.8 Å². The number of carbonyl (C=O) groups is 1. The SMILES string of the molecule is CC(C)SCC(=O)NC(C)C(F)(F)F. The van der Waals surface area contributed by atoms with Crippen LogP contribution < -0.4 is 5.32 Å². The number of hydrogen-bond acceptors (Lipinski definition) is 2. The van der Waals surface area contributed by atoms with E-state index in [0.717, 1.165) is 6.92 Å². The summed E-state index contributed by atoms with van der Waals surface area (Å²) in [6.45, 7) is 4.69. The highest BCUT2D eigenvalue weighted by molar-refractivity contribution is 8.00. The van der Waals surface area contributed by atoms with Crippen molar-refractivity contribution in [2.45, 2.75) is 38.2 Å². The molecule has 0 aliphatic heterocycles. The third kappa shape index (κ3) is 6.12. The molecule has 6 heteroatoms. The fraction of sp³-hybridized carbons (Fsp3) is 0.875. The summed E-state index contributed by atoms with van der Waals surface area (Å²) in [5.74, 6) is -0.508. The van der Waals surface area contributed by atoms with Crippen molar-refractivity contribution < 1.29 is 18.0 Å². The van der Waals surface area contributed by atoms with Gasteiger partial charge in [0.25, 0.3) is 0 Å². The van der Waals surface area contributed by atoms with E-state index in [1.807, 2.05) is 19.2 Å². The standard InChI is InChI=1S/C8H14F3NOS/c1-5(2)14-4-7(13)12-6(3)8(9,10)11/h5-6H,4H2,1-3H3,(H,12,13). The quantitative estimate of drug-likeness (QED) is 0.800. The van der Waals surface area contributed by atoms with Crippen LogP contribution in [0, 0.1) is 0 Å². The molecule has 1 atom stereocenters. The van der Waals surface area contributed by atoms with E-state index in [9.17, 15) is 18.0 Å². The van der Waals surface area contributed by atoms with Crippen LogP contribution in [0.25, 0.3) is 0 Å². The van der Waals surface area contributed by atoms with Gasteiger partial charge < -0.3 is 5.32 Å². The van der Waals surface area contributed by atoms with Gasteiger partial charge in [-0.05, 0) is 12.2 Å². The van der Waals surface area contributed by atoms with E-state index in [2.05, 4.69) is 0 Å². The van der Waals surface area contributed by atoms with Crippen molar-refractivity contribution in [3.63, 3.8) is 0 Å². The fourth-order valence-corrected chi connectivity index (χ4v) is 1.18. The molecule has 0 rings (SSSR count). The number of halogens is 3. The van der Waals surface area contributed by atoms with Gasteiger partial charge in [0.1, 0.15) is 6.04 Å². The molecule has 0 fully saturated rings. The summed E-state index contributed by atoms with van der Waals surface area (Å²) in [4.78, 5) is 11.0. The number of hydrogen-bond donors (Lipinski definition) is 1. The maximum absolute atomic E-state index is 12.0. The lowest BCUT2D eigenvalue weighted by atomic mass is 10.3. The maximum Gasteiger partial charge on any atom is 0.408 e. The first-order chi connectivity index (χ1) is 6.23. The fourth-order valence-electron chi connectivity index (χ4n) is 0.607. The second-order valence-corrected chi connectivity index (χ2v) is 4.76. The summed E-state index contributed by atoms with van der Waals surface area (Å²) in [5, 5.41) is 2.13. The Bertz CT molecular complexity index is 194. The molecular formula is C8H14F3NOS. The second kappa shape index (κ2) is 5.48. The van der Waals surface area contributed by atoms with Gasteiger partial charge in [0.15, 0.2) is 0 Å². The summed E-state index contributed by atoms with van der Waals surface area (Å²) in [6, 6.07) is -1.78. The molecule has 14 heavy (non-hydrogen) atoms. The average Bonchev–Trinajstić information content (AvgIpc) is 1.99. The molecule has 0 aromatic rings. The van der Waals surface area contributed by atoms with Gasteiger partial charge in [-0.15, -0.1) is 11.8 Å². The lowest BCUT2D eigenvalue weighted by molar-refractivity contribution is -0.157. The second-order valence-electron chi connectivity index (χ2n) is 3.19. The highest BCUT2D eigenvalue weighted by atomic mass is 32.2. The lowest BCUT2D eigenvalue weighted by Gasteiger charge is -2.17. The molecule has 84 valence electrons. The molecule has 1 amide bonds. The van der Waals surface area contributed by atoms with E-state index in [4.69, 9.17) is 0 Å². The van der Waals surface area contributed by atoms with E-state index < -0.39 is 18.1 Å². The summed E-state index contributed by atoms with van der Waals surface area (Å²) in [5.41, 5.74) is 0. The van der Waals surface area contributed by atoms with Gasteiger partial charge in [-0.25, -0.2) is 0 Å². The van der Waals surface area contributed by atoms with E-state index in [0.29, 0.717) is 0 Å². The van der Waals surface area contributed by atoms with Crippen molar-refractivity contribution in [2.24, 2.45) is 0 Å². The molecule has 0 bridgehead atoms. The van der Waals surface area contributed by atoms with Crippen LogP contribution in [0.15, 0.2) is 0 Å². The lowest BCUT2D eigenvalue weighted by Crippen LogP contribution is -2.43. The molecule has 2 nitrogen and oxygen atoms in total. The van der Waals surface area contributed by atoms with Gasteiger partial charge in [-0.2, -0.15) is 13.2 Å². The average molecular weight is 229 g/mol. The van der Waals surface area contributed by atoms with Gasteiger partial charge >= 0.3 is 6.18 Å². The Morgan fingerprint density at radius 1 is 1.36 bits per heavy atom. The molecular weight excluding hydrogens is 215 g/mol. The molecule has 0 heterocycles. The van der Waals surface area contributed by atoms with Gasteiger partial charge in [0.05, 0.1) is 5.75 Å². The number of nitrogens with one attached hydrogen (secondary N) is 1. The van der Waals surface area contributed by atoms with E-state index in [1.165, 1.54) is 11.8 Å². The monoisotopic (exact) mass is 229 g/mol. The van der Waals surface area contributed by atoms with Crippen LogP contribution in [-0.2, 0) is 4.79 Å². The van der Waals surface area contributed by atoms with Crippen LogP contribution in [-0.4, -0.2) is 29.1 Å². The number of rotatable bonds is 4. The molecule has 0 aliphatic carbocycles. The minimum Gasteiger partial charge on any atom is -0.344 e. The van der Waals surface area contributed by atoms with Crippen LogP contribution in [0.4, 0.5) is 13.2 Å². The van der Waals surface area contributed by atoms with Crippen LogP contribution in [0.5, 0.6) is 0 Å². The normalized spacial score (nSPS) is 14.2. The van der Waals surface area contributed by atoms with E-state index in [-0.39, 0.29) is 11.0 Å². The topological polar surface area (TPSA) is 29.1 Å².